The first kappa shape index (κ1) is 9.56. The third-order valence-electron chi connectivity index (χ3n) is 2.07. The van der Waals surface area contributed by atoms with Crippen molar-refractivity contribution >= 4 is 5.69 Å². The lowest BCUT2D eigenvalue weighted by Gasteiger charge is -2.12. The highest BCUT2D eigenvalue weighted by Crippen LogP contribution is 2.23. The van der Waals surface area contributed by atoms with Crippen LogP contribution < -0.4 is 11.5 Å². The fraction of sp³-hybridized carbons (Fsp3) is 0.300. The Labute approximate surface area is 78.0 Å². The zero-order valence-electron chi connectivity index (χ0n) is 7.62. The van der Waals surface area contributed by atoms with E-state index < -0.39 is 0 Å². The van der Waals surface area contributed by atoms with E-state index in [1.807, 2.05) is 31.2 Å². The molecule has 3 nitrogen and oxygen atoms in total. The molecule has 1 atom stereocenters. The molecular formula is C10H13N3. The first-order valence-electron chi connectivity index (χ1n) is 4.14. The fourth-order valence-corrected chi connectivity index (χ4v) is 1.23. The molecule has 1 aromatic rings. The van der Waals surface area contributed by atoms with Gasteiger partial charge in [0.05, 0.1) is 12.5 Å². The second kappa shape index (κ2) is 3.92. The van der Waals surface area contributed by atoms with E-state index in [1.165, 1.54) is 0 Å². The zero-order valence-corrected chi connectivity index (χ0v) is 7.62. The molecule has 0 saturated heterocycles. The summed E-state index contributed by atoms with van der Waals surface area (Å²) < 4.78 is 0. The minimum absolute atomic E-state index is 0.273. The Hall–Kier alpha value is -1.53. The van der Waals surface area contributed by atoms with E-state index in [0.29, 0.717) is 12.1 Å². The number of para-hydroxylation sites is 1. The van der Waals surface area contributed by atoms with Crippen molar-refractivity contribution in [2.75, 3.05) is 5.73 Å². The lowest BCUT2D eigenvalue weighted by molar-refractivity contribution is 0.750. The van der Waals surface area contributed by atoms with Crippen molar-refractivity contribution in [3.63, 3.8) is 0 Å². The topological polar surface area (TPSA) is 75.8 Å². The van der Waals surface area contributed by atoms with Gasteiger partial charge >= 0.3 is 0 Å². The molecule has 0 fully saturated rings. The van der Waals surface area contributed by atoms with E-state index in [-0.39, 0.29) is 6.04 Å². The molecule has 0 spiro atoms. The van der Waals surface area contributed by atoms with Gasteiger partial charge in [0.15, 0.2) is 0 Å². The summed E-state index contributed by atoms with van der Waals surface area (Å²) >= 11 is 0. The number of nitrogens with zero attached hydrogens (tertiary/aromatic N) is 1. The zero-order chi connectivity index (χ0) is 9.84. The quantitative estimate of drug-likeness (QED) is 0.668. The molecule has 0 amide bonds. The number of nitriles is 1. The van der Waals surface area contributed by atoms with Gasteiger partial charge in [0.25, 0.3) is 0 Å². The fourth-order valence-electron chi connectivity index (χ4n) is 1.23. The van der Waals surface area contributed by atoms with Crippen molar-refractivity contribution in [3.05, 3.63) is 29.3 Å². The van der Waals surface area contributed by atoms with Crippen LogP contribution in [0.4, 0.5) is 5.69 Å². The Kier molecular flexibility index (Phi) is 2.88. The molecule has 0 aromatic heterocycles. The molecule has 0 aliphatic heterocycles. The molecule has 0 saturated carbocycles. The summed E-state index contributed by atoms with van der Waals surface area (Å²) in [5, 5.41) is 8.49. The SMILES string of the molecule is Cc1cccc(C(N)CC#N)c1N. The van der Waals surface area contributed by atoms with E-state index in [1.54, 1.807) is 0 Å². The predicted molar refractivity (Wildman–Crippen MR) is 52.7 cm³/mol. The van der Waals surface area contributed by atoms with Crippen LogP contribution in [0.5, 0.6) is 0 Å². The van der Waals surface area contributed by atoms with Gasteiger partial charge in [0.1, 0.15) is 0 Å². The van der Waals surface area contributed by atoms with E-state index in [4.69, 9.17) is 16.7 Å². The largest absolute Gasteiger partial charge is 0.398 e. The summed E-state index contributed by atoms with van der Waals surface area (Å²) in [6.07, 6.45) is 0.299. The lowest BCUT2D eigenvalue weighted by Crippen LogP contribution is -2.12. The average Bonchev–Trinajstić information content (AvgIpc) is 2.10. The molecule has 1 aromatic carbocycles. The number of nitrogens with two attached hydrogens (primary N) is 2. The van der Waals surface area contributed by atoms with Gasteiger partial charge < -0.3 is 11.5 Å². The van der Waals surface area contributed by atoms with Crippen LogP contribution in [0.25, 0.3) is 0 Å². The number of aryl methyl sites for hydroxylation is 1. The van der Waals surface area contributed by atoms with Crippen LogP contribution in [-0.4, -0.2) is 0 Å². The molecule has 0 aliphatic carbocycles. The molecule has 0 aliphatic rings. The summed E-state index contributed by atoms with van der Waals surface area (Å²) in [6.45, 7) is 1.93. The minimum Gasteiger partial charge on any atom is -0.398 e. The minimum atomic E-state index is -0.273. The molecule has 3 heteroatoms. The summed E-state index contributed by atoms with van der Waals surface area (Å²) in [5.41, 5.74) is 14.2. The number of hydrogen-bond donors (Lipinski definition) is 2. The van der Waals surface area contributed by atoms with Gasteiger partial charge in [0.2, 0.25) is 0 Å². The van der Waals surface area contributed by atoms with Crippen LogP contribution in [0.3, 0.4) is 0 Å². The number of benzene rings is 1. The van der Waals surface area contributed by atoms with Gasteiger partial charge in [-0.25, -0.2) is 0 Å². The van der Waals surface area contributed by atoms with E-state index >= 15 is 0 Å². The highest BCUT2D eigenvalue weighted by molar-refractivity contribution is 5.54. The second-order valence-electron chi connectivity index (χ2n) is 3.05. The molecule has 68 valence electrons. The summed E-state index contributed by atoms with van der Waals surface area (Å²) in [4.78, 5) is 0. The standard InChI is InChI=1S/C10H13N3/c1-7-3-2-4-8(10(7)13)9(12)5-6-11/h2-4,9H,5,12-13H2,1H3. The van der Waals surface area contributed by atoms with Crippen molar-refractivity contribution in [2.24, 2.45) is 5.73 Å². The Bertz CT molecular complexity index is 339. The summed E-state index contributed by atoms with van der Waals surface area (Å²) in [5.74, 6) is 0. The van der Waals surface area contributed by atoms with E-state index in [9.17, 15) is 0 Å². The summed E-state index contributed by atoms with van der Waals surface area (Å²) in [6, 6.07) is 7.45. The van der Waals surface area contributed by atoms with Crippen LogP contribution in [0.15, 0.2) is 18.2 Å². The maximum Gasteiger partial charge on any atom is 0.0641 e. The number of anilines is 1. The highest BCUT2D eigenvalue weighted by Gasteiger charge is 2.09. The van der Waals surface area contributed by atoms with Gasteiger partial charge in [-0.2, -0.15) is 5.26 Å². The van der Waals surface area contributed by atoms with E-state index in [0.717, 1.165) is 11.1 Å². The first-order valence-corrected chi connectivity index (χ1v) is 4.14. The third-order valence-corrected chi connectivity index (χ3v) is 2.07. The normalized spacial score (nSPS) is 12.1. The predicted octanol–water partition coefficient (Wildman–Crippen LogP) is 1.49. The van der Waals surface area contributed by atoms with Gasteiger partial charge in [-0.3, -0.25) is 0 Å². The maximum atomic E-state index is 8.49. The molecule has 13 heavy (non-hydrogen) atoms. The van der Waals surface area contributed by atoms with Gasteiger partial charge in [0, 0.05) is 11.7 Å². The first-order chi connectivity index (χ1) is 6.16. The molecule has 1 rings (SSSR count). The average molecular weight is 175 g/mol. The van der Waals surface area contributed by atoms with Crippen LogP contribution in [0, 0.1) is 18.3 Å². The number of rotatable bonds is 2. The van der Waals surface area contributed by atoms with Crippen molar-refractivity contribution in [1.29, 1.82) is 5.26 Å². The molecule has 4 N–H and O–H groups in total. The van der Waals surface area contributed by atoms with Crippen molar-refractivity contribution < 1.29 is 0 Å². The number of hydrogen-bond acceptors (Lipinski definition) is 3. The van der Waals surface area contributed by atoms with Crippen LogP contribution in [0.2, 0.25) is 0 Å². The van der Waals surface area contributed by atoms with Crippen molar-refractivity contribution in [1.82, 2.24) is 0 Å². The van der Waals surface area contributed by atoms with Crippen LogP contribution in [-0.2, 0) is 0 Å². The molecule has 0 bridgehead atoms. The monoisotopic (exact) mass is 175 g/mol. The molecule has 1 unspecified atom stereocenters. The Morgan fingerprint density at radius 2 is 2.23 bits per heavy atom. The lowest BCUT2D eigenvalue weighted by atomic mass is 10.0. The van der Waals surface area contributed by atoms with Gasteiger partial charge in [-0.1, -0.05) is 18.2 Å². The van der Waals surface area contributed by atoms with Crippen LogP contribution in [0.1, 0.15) is 23.6 Å². The Morgan fingerprint density at radius 3 is 2.85 bits per heavy atom. The van der Waals surface area contributed by atoms with Gasteiger partial charge in [-0.05, 0) is 18.1 Å². The maximum absolute atomic E-state index is 8.49. The van der Waals surface area contributed by atoms with Crippen molar-refractivity contribution in [2.45, 2.75) is 19.4 Å². The third kappa shape index (κ3) is 1.98. The molecule has 0 heterocycles. The van der Waals surface area contributed by atoms with Gasteiger partial charge in [-0.15, -0.1) is 0 Å². The smallest absolute Gasteiger partial charge is 0.0641 e. The molecule has 0 radical (unpaired) electrons. The number of nitrogen functional groups attached to an aromatic ring is 1. The second-order valence-corrected chi connectivity index (χ2v) is 3.05. The van der Waals surface area contributed by atoms with Crippen LogP contribution >= 0.6 is 0 Å². The van der Waals surface area contributed by atoms with Crippen molar-refractivity contribution in [3.8, 4) is 6.07 Å². The highest BCUT2D eigenvalue weighted by atomic mass is 14.7. The Balaban J connectivity index is 3.02. The summed E-state index contributed by atoms with van der Waals surface area (Å²) in [7, 11) is 0. The Morgan fingerprint density at radius 1 is 1.54 bits per heavy atom. The van der Waals surface area contributed by atoms with E-state index in [2.05, 4.69) is 0 Å². The molecular weight excluding hydrogens is 162 g/mol.